The minimum atomic E-state index is -0.271. The van der Waals surface area contributed by atoms with E-state index in [0.717, 1.165) is 11.3 Å². The highest BCUT2D eigenvalue weighted by atomic mass is 16.1. The van der Waals surface area contributed by atoms with Crippen molar-refractivity contribution >= 4 is 5.91 Å². The van der Waals surface area contributed by atoms with Crippen LogP contribution in [0.3, 0.4) is 0 Å². The number of carbonyl (C=O) groups excluding carboxylic acids is 1. The van der Waals surface area contributed by atoms with E-state index in [1.165, 1.54) is 12.3 Å². The van der Waals surface area contributed by atoms with E-state index >= 15 is 0 Å². The molecule has 1 N–H and O–H groups in total. The summed E-state index contributed by atoms with van der Waals surface area (Å²) in [6.07, 6.45) is 3.10. The van der Waals surface area contributed by atoms with E-state index in [0.29, 0.717) is 17.8 Å². The van der Waals surface area contributed by atoms with E-state index in [4.69, 9.17) is 5.26 Å². The Hall–Kier alpha value is -2.68. The summed E-state index contributed by atoms with van der Waals surface area (Å²) in [5.74, 6) is -0.271. The Morgan fingerprint density at radius 1 is 1.47 bits per heavy atom. The second kappa shape index (κ2) is 5.31. The molecule has 0 saturated heterocycles. The van der Waals surface area contributed by atoms with Crippen LogP contribution in [-0.4, -0.2) is 20.7 Å². The number of nitriles is 1. The first-order valence-electron chi connectivity index (χ1n) is 5.73. The molecule has 0 aliphatic heterocycles. The average Bonchev–Trinajstić information content (AvgIpc) is 2.76. The topological polar surface area (TPSA) is 83.6 Å². The van der Waals surface area contributed by atoms with Crippen molar-refractivity contribution in [1.82, 2.24) is 20.1 Å². The van der Waals surface area contributed by atoms with Crippen LogP contribution in [0.4, 0.5) is 0 Å². The number of nitrogens with zero attached hydrogens (tertiary/aromatic N) is 4. The van der Waals surface area contributed by atoms with Gasteiger partial charge in [0.25, 0.3) is 5.91 Å². The molecule has 2 aromatic heterocycles. The fourth-order valence-corrected chi connectivity index (χ4v) is 1.58. The molecular formula is C13H13N5O. The van der Waals surface area contributed by atoms with E-state index in [-0.39, 0.29) is 5.91 Å². The summed E-state index contributed by atoms with van der Waals surface area (Å²) in [5.41, 5.74) is 2.69. The van der Waals surface area contributed by atoms with Crippen LogP contribution in [0.15, 0.2) is 24.5 Å². The third-order valence-corrected chi connectivity index (χ3v) is 2.90. The number of nitrogens with one attached hydrogen (secondary N) is 1. The quantitative estimate of drug-likeness (QED) is 0.884. The number of hydrogen-bond donors (Lipinski definition) is 1. The minimum absolute atomic E-state index is 0.271. The number of carbonyl (C=O) groups is 1. The SMILES string of the molecule is Cc1c(CNC(=O)c2ccc(C#N)cn2)cnn1C. The number of rotatable bonds is 3. The van der Waals surface area contributed by atoms with Crippen molar-refractivity contribution < 1.29 is 4.79 Å². The van der Waals surface area contributed by atoms with Crippen molar-refractivity contribution in [2.24, 2.45) is 7.05 Å². The maximum absolute atomic E-state index is 11.9. The number of aromatic nitrogens is 3. The maximum atomic E-state index is 11.9. The molecule has 0 atom stereocenters. The van der Waals surface area contributed by atoms with Crippen molar-refractivity contribution in [1.29, 1.82) is 5.26 Å². The fraction of sp³-hybridized carbons (Fsp3) is 0.231. The van der Waals surface area contributed by atoms with E-state index < -0.39 is 0 Å². The molecule has 0 bridgehead atoms. The van der Waals surface area contributed by atoms with Crippen LogP contribution in [0.25, 0.3) is 0 Å². The zero-order valence-corrected chi connectivity index (χ0v) is 10.7. The zero-order chi connectivity index (χ0) is 13.8. The molecule has 0 aromatic carbocycles. The first kappa shape index (κ1) is 12.8. The first-order valence-corrected chi connectivity index (χ1v) is 5.73. The Morgan fingerprint density at radius 3 is 2.79 bits per heavy atom. The third-order valence-electron chi connectivity index (χ3n) is 2.90. The maximum Gasteiger partial charge on any atom is 0.270 e. The number of pyridine rings is 1. The Morgan fingerprint density at radius 2 is 2.26 bits per heavy atom. The van der Waals surface area contributed by atoms with Gasteiger partial charge in [-0.25, -0.2) is 4.98 Å². The Kier molecular flexibility index (Phi) is 3.57. The summed E-state index contributed by atoms with van der Waals surface area (Å²) < 4.78 is 1.75. The summed E-state index contributed by atoms with van der Waals surface area (Å²) in [5, 5.41) is 15.5. The molecule has 0 aliphatic rings. The highest BCUT2D eigenvalue weighted by molar-refractivity contribution is 5.92. The molecule has 0 spiro atoms. The van der Waals surface area contributed by atoms with Crippen LogP contribution in [0.1, 0.15) is 27.3 Å². The predicted molar refractivity (Wildman–Crippen MR) is 68.1 cm³/mol. The Balaban J connectivity index is 2.01. The van der Waals surface area contributed by atoms with Gasteiger partial charge in [0.05, 0.1) is 11.8 Å². The van der Waals surface area contributed by atoms with Gasteiger partial charge in [0.2, 0.25) is 0 Å². The molecule has 2 aromatic rings. The lowest BCUT2D eigenvalue weighted by molar-refractivity contribution is 0.0946. The lowest BCUT2D eigenvalue weighted by atomic mass is 10.2. The normalized spacial score (nSPS) is 9.95. The van der Waals surface area contributed by atoms with Crippen molar-refractivity contribution in [3.05, 3.63) is 47.0 Å². The van der Waals surface area contributed by atoms with E-state index in [2.05, 4.69) is 15.4 Å². The molecule has 0 unspecified atom stereocenters. The standard InChI is InChI=1S/C13H13N5O/c1-9-11(8-17-18(9)2)7-16-13(19)12-4-3-10(5-14)6-15-12/h3-4,6,8H,7H2,1-2H3,(H,16,19). The monoisotopic (exact) mass is 255 g/mol. The van der Waals surface area contributed by atoms with Crippen molar-refractivity contribution in [3.63, 3.8) is 0 Å². The van der Waals surface area contributed by atoms with Crippen molar-refractivity contribution in [3.8, 4) is 6.07 Å². The molecule has 19 heavy (non-hydrogen) atoms. The van der Waals surface area contributed by atoms with Gasteiger partial charge in [-0.15, -0.1) is 0 Å². The lowest BCUT2D eigenvalue weighted by Gasteiger charge is -2.04. The van der Waals surface area contributed by atoms with Gasteiger partial charge in [-0.1, -0.05) is 0 Å². The minimum Gasteiger partial charge on any atom is -0.346 e. The second-order valence-corrected chi connectivity index (χ2v) is 4.11. The molecule has 1 amide bonds. The molecule has 6 nitrogen and oxygen atoms in total. The van der Waals surface area contributed by atoms with Crippen molar-refractivity contribution in [2.45, 2.75) is 13.5 Å². The smallest absolute Gasteiger partial charge is 0.270 e. The first-order chi connectivity index (χ1) is 9.11. The van der Waals surface area contributed by atoms with Gasteiger partial charge >= 0.3 is 0 Å². The molecule has 2 rings (SSSR count). The summed E-state index contributed by atoms with van der Waals surface area (Å²) >= 11 is 0. The zero-order valence-electron chi connectivity index (χ0n) is 10.7. The third kappa shape index (κ3) is 2.77. The molecule has 0 aliphatic carbocycles. The fourth-order valence-electron chi connectivity index (χ4n) is 1.58. The number of aryl methyl sites for hydroxylation is 1. The number of hydrogen-bond acceptors (Lipinski definition) is 4. The molecular weight excluding hydrogens is 242 g/mol. The van der Waals surface area contributed by atoms with E-state index in [9.17, 15) is 4.79 Å². The van der Waals surface area contributed by atoms with Gasteiger partial charge in [0.1, 0.15) is 11.8 Å². The molecule has 2 heterocycles. The van der Waals surface area contributed by atoms with E-state index in [1.807, 2.05) is 20.0 Å². The van der Waals surface area contributed by atoms with Crippen LogP contribution >= 0.6 is 0 Å². The molecule has 0 fully saturated rings. The van der Waals surface area contributed by atoms with E-state index in [1.54, 1.807) is 16.9 Å². The Bertz CT molecular complexity index is 636. The van der Waals surface area contributed by atoms with Gasteiger partial charge in [-0.05, 0) is 19.1 Å². The predicted octanol–water partition coefficient (Wildman–Crippen LogP) is 0.925. The van der Waals surface area contributed by atoms with Crippen LogP contribution in [0.5, 0.6) is 0 Å². The summed E-state index contributed by atoms with van der Waals surface area (Å²) in [7, 11) is 1.85. The lowest BCUT2D eigenvalue weighted by Crippen LogP contribution is -2.24. The molecule has 6 heteroatoms. The summed E-state index contributed by atoms with van der Waals surface area (Å²) in [4.78, 5) is 15.8. The van der Waals surface area contributed by atoms with Crippen LogP contribution in [0, 0.1) is 18.3 Å². The largest absolute Gasteiger partial charge is 0.346 e. The average molecular weight is 255 g/mol. The molecule has 96 valence electrons. The van der Waals surface area contributed by atoms with Gasteiger partial charge in [0, 0.05) is 31.0 Å². The van der Waals surface area contributed by atoms with Crippen LogP contribution < -0.4 is 5.32 Å². The van der Waals surface area contributed by atoms with Gasteiger partial charge in [0.15, 0.2) is 0 Å². The van der Waals surface area contributed by atoms with Gasteiger partial charge < -0.3 is 5.32 Å². The Labute approximate surface area is 110 Å². The second-order valence-electron chi connectivity index (χ2n) is 4.11. The van der Waals surface area contributed by atoms with Crippen LogP contribution in [-0.2, 0) is 13.6 Å². The highest BCUT2D eigenvalue weighted by Crippen LogP contribution is 2.05. The summed E-state index contributed by atoms with van der Waals surface area (Å²) in [6, 6.07) is 5.05. The summed E-state index contributed by atoms with van der Waals surface area (Å²) in [6.45, 7) is 2.34. The van der Waals surface area contributed by atoms with Crippen LogP contribution in [0.2, 0.25) is 0 Å². The van der Waals surface area contributed by atoms with Gasteiger partial charge in [-0.2, -0.15) is 10.4 Å². The molecule has 0 saturated carbocycles. The van der Waals surface area contributed by atoms with Gasteiger partial charge in [-0.3, -0.25) is 9.48 Å². The van der Waals surface area contributed by atoms with Crippen molar-refractivity contribution in [2.75, 3.05) is 0 Å². The highest BCUT2D eigenvalue weighted by Gasteiger charge is 2.09. The molecule has 0 radical (unpaired) electrons. The number of amides is 1.